The second kappa shape index (κ2) is 5.67. The normalized spacial score (nSPS) is 10.8. The molecule has 0 aliphatic rings. The molecule has 1 aromatic heterocycles. The van der Waals surface area contributed by atoms with Crippen molar-refractivity contribution in [2.24, 2.45) is 0 Å². The van der Waals surface area contributed by atoms with Crippen LogP contribution in [0.4, 0.5) is 0 Å². The minimum atomic E-state index is -0.311. The first-order valence-electron chi connectivity index (χ1n) is 6.30. The molecule has 0 N–H and O–H groups in total. The van der Waals surface area contributed by atoms with E-state index in [0.29, 0.717) is 5.56 Å². The van der Waals surface area contributed by atoms with Crippen molar-refractivity contribution in [2.45, 2.75) is 32.7 Å². The first-order chi connectivity index (χ1) is 8.77. The van der Waals surface area contributed by atoms with Crippen molar-refractivity contribution >= 4 is 16.9 Å². The molecule has 0 unspecified atom stereocenters. The summed E-state index contributed by atoms with van der Waals surface area (Å²) in [5.74, 6) is -0.311. The zero-order valence-electron chi connectivity index (χ0n) is 10.8. The maximum absolute atomic E-state index is 11.6. The number of unbranched alkanes of at least 4 members (excludes halogenated alkanes) is 2. The van der Waals surface area contributed by atoms with E-state index in [1.165, 1.54) is 20.0 Å². The molecule has 1 heterocycles. The number of nitrogens with zero attached hydrogens (tertiary/aromatic N) is 2. The maximum Gasteiger partial charge on any atom is 0.338 e. The van der Waals surface area contributed by atoms with Crippen LogP contribution in [0.25, 0.3) is 10.9 Å². The van der Waals surface area contributed by atoms with Gasteiger partial charge in [0, 0.05) is 11.9 Å². The third-order valence-electron chi connectivity index (χ3n) is 3.07. The van der Waals surface area contributed by atoms with Crippen LogP contribution in [0.1, 0.15) is 36.5 Å². The molecule has 2 aromatic rings. The van der Waals surface area contributed by atoms with E-state index in [1.54, 1.807) is 12.3 Å². The molecular formula is C14H18N2O2. The fraction of sp³-hybridized carbons (Fsp3) is 0.429. The monoisotopic (exact) mass is 246 g/mol. The van der Waals surface area contributed by atoms with Crippen molar-refractivity contribution in [1.29, 1.82) is 0 Å². The number of fused-ring (bicyclic) bond motifs is 1. The fourth-order valence-electron chi connectivity index (χ4n) is 2.08. The molecule has 4 nitrogen and oxygen atoms in total. The average molecular weight is 246 g/mol. The Morgan fingerprint density at radius 2 is 2.22 bits per heavy atom. The van der Waals surface area contributed by atoms with Gasteiger partial charge < -0.3 is 4.74 Å². The number of hydrogen-bond donors (Lipinski definition) is 0. The summed E-state index contributed by atoms with van der Waals surface area (Å²) >= 11 is 0. The lowest BCUT2D eigenvalue weighted by atomic mass is 10.1. The number of benzene rings is 1. The summed E-state index contributed by atoms with van der Waals surface area (Å²) in [4.78, 5) is 11.6. The fourth-order valence-corrected chi connectivity index (χ4v) is 2.08. The molecule has 0 aliphatic heterocycles. The van der Waals surface area contributed by atoms with E-state index < -0.39 is 0 Å². The van der Waals surface area contributed by atoms with Gasteiger partial charge in [0.1, 0.15) is 0 Å². The van der Waals surface area contributed by atoms with Crippen LogP contribution in [0.15, 0.2) is 24.4 Å². The van der Waals surface area contributed by atoms with Gasteiger partial charge in [0.2, 0.25) is 0 Å². The Balaban J connectivity index is 2.33. The van der Waals surface area contributed by atoms with Crippen molar-refractivity contribution in [3.8, 4) is 0 Å². The van der Waals surface area contributed by atoms with Crippen LogP contribution in [0, 0.1) is 0 Å². The molecule has 18 heavy (non-hydrogen) atoms. The molecule has 4 heteroatoms. The Morgan fingerprint density at radius 1 is 1.39 bits per heavy atom. The van der Waals surface area contributed by atoms with Crippen LogP contribution in [-0.4, -0.2) is 22.9 Å². The highest BCUT2D eigenvalue weighted by atomic mass is 16.5. The van der Waals surface area contributed by atoms with E-state index in [1.807, 2.05) is 16.8 Å². The van der Waals surface area contributed by atoms with E-state index >= 15 is 0 Å². The maximum atomic E-state index is 11.6. The Bertz CT molecular complexity index is 546. The summed E-state index contributed by atoms with van der Waals surface area (Å²) in [6.07, 6.45) is 5.23. The molecule has 0 fully saturated rings. The van der Waals surface area contributed by atoms with Crippen molar-refractivity contribution < 1.29 is 9.53 Å². The highest BCUT2D eigenvalue weighted by molar-refractivity contribution is 6.03. The number of ether oxygens (including phenoxy) is 1. The number of esters is 1. The molecule has 2 rings (SSSR count). The predicted molar refractivity (Wildman–Crippen MR) is 70.6 cm³/mol. The standard InChI is InChI=1S/C14H18N2O2/c1-3-4-5-9-16-13-8-6-7-11(14(17)18-2)12(13)10-15-16/h6-8,10H,3-5,9H2,1-2H3. The molecule has 0 spiro atoms. The average Bonchev–Trinajstić information content (AvgIpc) is 2.81. The lowest BCUT2D eigenvalue weighted by molar-refractivity contribution is 0.0603. The van der Waals surface area contributed by atoms with Crippen molar-refractivity contribution in [1.82, 2.24) is 9.78 Å². The summed E-state index contributed by atoms with van der Waals surface area (Å²) in [7, 11) is 1.40. The Labute approximate surface area is 107 Å². The first kappa shape index (κ1) is 12.6. The predicted octanol–water partition coefficient (Wildman–Crippen LogP) is 3.01. The van der Waals surface area contributed by atoms with Gasteiger partial charge in [-0.1, -0.05) is 25.8 Å². The van der Waals surface area contributed by atoms with Gasteiger partial charge in [-0.3, -0.25) is 4.68 Å². The van der Waals surface area contributed by atoms with Crippen LogP contribution in [0.2, 0.25) is 0 Å². The molecular weight excluding hydrogens is 228 g/mol. The van der Waals surface area contributed by atoms with Gasteiger partial charge >= 0.3 is 5.97 Å². The van der Waals surface area contributed by atoms with E-state index in [2.05, 4.69) is 12.0 Å². The highest BCUT2D eigenvalue weighted by Gasteiger charge is 2.12. The number of aromatic nitrogens is 2. The summed E-state index contributed by atoms with van der Waals surface area (Å²) in [6, 6.07) is 5.62. The van der Waals surface area contributed by atoms with Crippen molar-refractivity contribution in [3.05, 3.63) is 30.0 Å². The molecule has 0 saturated carbocycles. The molecule has 0 radical (unpaired) electrons. The smallest absolute Gasteiger partial charge is 0.338 e. The zero-order valence-corrected chi connectivity index (χ0v) is 10.8. The van der Waals surface area contributed by atoms with Crippen LogP contribution < -0.4 is 0 Å². The molecule has 1 aromatic carbocycles. The van der Waals surface area contributed by atoms with Gasteiger partial charge in [0.25, 0.3) is 0 Å². The zero-order chi connectivity index (χ0) is 13.0. The summed E-state index contributed by atoms with van der Waals surface area (Å²) in [6.45, 7) is 3.07. The topological polar surface area (TPSA) is 44.1 Å². The summed E-state index contributed by atoms with van der Waals surface area (Å²) in [5.41, 5.74) is 1.57. The number of methoxy groups -OCH3 is 1. The molecule has 96 valence electrons. The van der Waals surface area contributed by atoms with Gasteiger partial charge in [-0.2, -0.15) is 5.10 Å². The lowest BCUT2D eigenvalue weighted by Crippen LogP contribution is -2.02. The molecule has 0 bridgehead atoms. The number of aryl methyl sites for hydroxylation is 1. The minimum Gasteiger partial charge on any atom is -0.465 e. The van der Waals surface area contributed by atoms with E-state index in [9.17, 15) is 4.79 Å². The summed E-state index contributed by atoms with van der Waals surface area (Å²) < 4.78 is 6.73. The first-order valence-corrected chi connectivity index (χ1v) is 6.30. The SMILES string of the molecule is CCCCCn1ncc2c(C(=O)OC)cccc21. The molecule has 0 atom stereocenters. The van der Waals surface area contributed by atoms with Crippen LogP contribution in [-0.2, 0) is 11.3 Å². The minimum absolute atomic E-state index is 0.311. The van der Waals surface area contributed by atoms with E-state index in [0.717, 1.165) is 23.9 Å². The third-order valence-corrected chi connectivity index (χ3v) is 3.07. The van der Waals surface area contributed by atoms with Crippen LogP contribution >= 0.6 is 0 Å². The molecule has 0 amide bonds. The van der Waals surface area contributed by atoms with Crippen LogP contribution in [0.5, 0.6) is 0 Å². The Morgan fingerprint density at radius 3 is 2.94 bits per heavy atom. The number of rotatable bonds is 5. The Hall–Kier alpha value is -1.84. The Kier molecular flexibility index (Phi) is 3.97. The van der Waals surface area contributed by atoms with Gasteiger partial charge in [-0.05, 0) is 18.6 Å². The number of hydrogen-bond acceptors (Lipinski definition) is 3. The van der Waals surface area contributed by atoms with Gasteiger partial charge in [-0.25, -0.2) is 4.79 Å². The van der Waals surface area contributed by atoms with Crippen molar-refractivity contribution in [2.75, 3.05) is 7.11 Å². The van der Waals surface area contributed by atoms with E-state index in [-0.39, 0.29) is 5.97 Å². The third kappa shape index (κ3) is 2.37. The highest BCUT2D eigenvalue weighted by Crippen LogP contribution is 2.19. The van der Waals surface area contributed by atoms with E-state index in [4.69, 9.17) is 4.74 Å². The number of carbonyl (C=O) groups excluding carboxylic acids is 1. The van der Waals surface area contributed by atoms with Crippen molar-refractivity contribution in [3.63, 3.8) is 0 Å². The second-order valence-corrected chi connectivity index (χ2v) is 4.30. The van der Waals surface area contributed by atoms with Crippen LogP contribution in [0.3, 0.4) is 0 Å². The molecule has 0 saturated heterocycles. The number of carbonyl (C=O) groups is 1. The quantitative estimate of drug-likeness (QED) is 0.601. The van der Waals surface area contributed by atoms with Gasteiger partial charge in [0.15, 0.2) is 0 Å². The van der Waals surface area contributed by atoms with Gasteiger partial charge in [-0.15, -0.1) is 0 Å². The lowest BCUT2D eigenvalue weighted by Gasteiger charge is -2.04. The molecule has 0 aliphatic carbocycles. The van der Waals surface area contributed by atoms with Gasteiger partial charge in [0.05, 0.1) is 24.4 Å². The summed E-state index contributed by atoms with van der Waals surface area (Å²) in [5, 5.41) is 5.22. The second-order valence-electron chi connectivity index (χ2n) is 4.30. The largest absolute Gasteiger partial charge is 0.465 e.